The third kappa shape index (κ3) is 7.57. The molecule has 0 amide bonds. The zero-order chi connectivity index (χ0) is 49.2. The number of hydrogen-bond donors (Lipinski definition) is 0. The number of hydrogen-bond acceptors (Lipinski definition) is 2. The standard InChI is InChI=1S/C67H44F4N2/c68-60-39-48(43-14-5-1-6-15-43)40-61(69)65(60)72(50-18-9-3-10-19-50)52-29-24-45(25-30-52)47-28-33-55-57-35-34-54(56-22-13-23-58(64(56)57)67(36-37-67)59(55)38-47)46-26-31-53(32-27-46)73(51-20-11-4-12-21-51)66-62(70)41-49(42-63(66)71)44-16-7-2-8-17-44/h1-35,38-42H,36-37H2. The molecule has 6 heteroatoms. The van der Waals surface area contributed by atoms with Crippen LogP contribution < -0.4 is 9.80 Å². The minimum absolute atomic E-state index is 0.133. The molecular weight excluding hydrogens is 909 g/mol. The van der Waals surface area contributed by atoms with E-state index in [2.05, 4.69) is 48.5 Å². The van der Waals surface area contributed by atoms with Gasteiger partial charge in [0.2, 0.25) is 0 Å². The highest BCUT2D eigenvalue weighted by molar-refractivity contribution is 6.10. The quantitative estimate of drug-likeness (QED) is 0.126. The van der Waals surface area contributed by atoms with E-state index in [1.54, 1.807) is 9.80 Å². The topological polar surface area (TPSA) is 6.48 Å². The lowest BCUT2D eigenvalue weighted by atomic mass is 9.73. The summed E-state index contributed by atoms with van der Waals surface area (Å²) in [4.78, 5) is 3.29. The minimum Gasteiger partial charge on any atom is -0.305 e. The maximum absolute atomic E-state index is 16.2. The first-order valence-corrected chi connectivity index (χ1v) is 24.5. The van der Waals surface area contributed by atoms with Crippen LogP contribution in [0.5, 0.6) is 0 Å². The molecule has 0 N–H and O–H groups in total. The lowest BCUT2D eigenvalue weighted by Crippen LogP contribution is -2.16. The van der Waals surface area contributed by atoms with Crippen LogP contribution in [0, 0.1) is 23.3 Å². The average Bonchev–Trinajstić information content (AvgIpc) is 4.25. The van der Waals surface area contributed by atoms with Crippen LogP contribution >= 0.6 is 0 Å². The van der Waals surface area contributed by atoms with Gasteiger partial charge in [0.15, 0.2) is 23.3 Å². The van der Waals surface area contributed by atoms with E-state index in [0.29, 0.717) is 33.9 Å². The number of halogens is 4. The van der Waals surface area contributed by atoms with Crippen LogP contribution in [0.2, 0.25) is 0 Å². The molecular formula is C67H44F4N2. The molecule has 2 aliphatic rings. The average molecular weight is 953 g/mol. The molecule has 350 valence electrons. The number of fused-ring (bicyclic) bond motifs is 4. The lowest BCUT2D eigenvalue weighted by Gasteiger charge is -2.30. The molecule has 13 rings (SSSR count). The van der Waals surface area contributed by atoms with Crippen LogP contribution in [-0.2, 0) is 5.41 Å². The van der Waals surface area contributed by atoms with Crippen LogP contribution in [0.3, 0.4) is 0 Å². The number of nitrogens with zero attached hydrogens (tertiary/aromatic N) is 2. The Morgan fingerprint density at radius 1 is 0.288 bits per heavy atom. The predicted molar refractivity (Wildman–Crippen MR) is 290 cm³/mol. The summed E-state index contributed by atoms with van der Waals surface area (Å²) in [7, 11) is 0. The third-order valence-corrected chi connectivity index (χ3v) is 14.8. The fraction of sp³-hybridized carbons (Fsp3) is 0.0448. The van der Waals surface area contributed by atoms with Gasteiger partial charge in [-0.25, -0.2) is 17.6 Å². The molecule has 0 saturated heterocycles. The molecule has 11 aromatic carbocycles. The number of para-hydroxylation sites is 2. The van der Waals surface area contributed by atoms with Gasteiger partial charge >= 0.3 is 0 Å². The molecule has 0 aromatic heterocycles. The van der Waals surface area contributed by atoms with Gasteiger partial charge in [-0.1, -0.05) is 164 Å². The summed E-state index contributed by atoms with van der Waals surface area (Å²) in [5.41, 5.74) is 13.7. The molecule has 0 unspecified atom stereocenters. The molecule has 2 nitrogen and oxygen atoms in total. The van der Waals surface area contributed by atoms with Crippen molar-refractivity contribution in [2.24, 2.45) is 0 Å². The highest BCUT2D eigenvalue weighted by Crippen LogP contribution is 2.62. The minimum atomic E-state index is -0.655. The molecule has 11 aromatic rings. The monoisotopic (exact) mass is 952 g/mol. The van der Waals surface area contributed by atoms with E-state index < -0.39 is 23.3 Å². The van der Waals surface area contributed by atoms with Gasteiger partial charge in [0.1, 0.15) is 11.4 Å². The smallest absolute Gasteiger partial charge is 0.150 e. The Hall–Kier alpha value is -9.00. The molecule has 1 fully saturated rings. The highest BCUT2D eigenvalue weighted by atomic mass is 19.1. The van der Waals surface area contributed by atoms with Crippen LogP contribution in [0.25, 0.3) is 66.4 Å². The van der Waals surface area contributed by atoms with Crippen molar-refractivity contribution >= 4 is 44.9 Å². The Morgan fingerprint density at radius 2 is 0.685 bits per heavy atom. The summed E-state index contributed by atoms with van der Waals surface area (Å²) in [5, 5.41) is 2.40. The van der Waals surface area contributed by atoms with E-state index in [1.807, 2.05) is 170 Å². The maximum Gasteiger partial charge on any atom is 0.150 e. The summed E-state index contributed by atoms with van der Waals surface area (Å²) in [6, 6.07) is 76.5. The van der Waals surface area contributed by atoms with Crippen molar-refractivity contribution in [1.29, 1.82) is 0 Å². The Bertz CT molecular complexity index is 3830. The molecule has 0 radical (unpaired) electrons. The second-order valence-electron chi connectivity index (χ2n) is 19.0. The number of anilines is 6. The molecule has 0 bridgehead atoms. The van der Waals surface area contributed by atoms with E-state index >= 15 is 17.6 Å². The van der Waals surface area contributed by atoms with Crippen molar-refractivity contribution in [1.82, 2.24) is 0 Å². The third-order valence-electron chi connectivity index (χ3n) is 14.8. The van der Waals surface area contributed by atoms with Crippen molar-refractivity contribution in [3.05, 3.63) is 277 Å². The molecule has 0 aliphatic heterocycles. The van der Waals surface area contributed by atoms with Crippen molar-refractivity contribution in [2.75, 3.05) is 9.80 Å². The van der Waals surface area contributed by atoms with Crippen LogP contribution in [-0.4, -0.2) is 0 Å². The summed E-state index contributed by atoms with van der Waals surface area (Å²) in [6.07, 6.45) is 2.06. The summed E-state index contributed by atoms with van der Waals surface area (Å²) >= 11 is 0. The highest BCUT2D eigenvalue weighted by Gasteiger charge is 2.50. The zero-order valence-corrected chi connectivity index (χ0v) is 39.4. The Balaban J connectivity index is 0.835. The fourth-order valence-corrected chi connectivity index (χ4v) is 11.2. The molecule has 1 spiro atoms. The van der Waals surface area contributed by atoms with Gasteiger partial charge in [-0.3, -0.25) is 0 Å². The van der Waals surface area contributed by atoms with Crippen LogP contribution in [0.1, 0.15) is 24.0 Å². The van der Waals surface area contributed by atoms with Crippen molar-refractivity contribution in [3.8, 4) is 55.6 Å². The van der Waals surface area contributed by atoms with Gasteiger partial charge in [-0.05, 0) is 169 Å². The van der Waals surface area contributed by atoms with E-state index in [0.717, 1.165) is 51.6 Å². The first-order chi connectivity index (χ1) is 35.8. The van der Waals surface area contributed by atoms with Gasteiger partial charge in [-0.2, -0.15) is 0 Å². The van der Waals surface area contributed by atoms with E-state index in [-0.39, 0.29) is 16.8 Å². The van der Waals surface area contributed by atoms with Crippen LogP contribution in [0.4, 0.5) is 51.7 Å². The molecule has 2 aliphatic carbocycles. The zero-order valence-electron chi connectivity index (χ0n) is 39.4. The normalized spacial score (nSPS) is 12.9. The van der Waals surface area contributed by atoms with E-state index in [4.69, 9.17) is 0 Å². The SMILES string of the molecule is Fc1cc(-c2ccccc2)cc(F)c1N(c1ccccc1)c1ccc(-c2ccc3c(c2)C2(CC2)c2cccc4c(-c5ccc(N(c6ccccc6)c6c(F)cc(-c7ccccc7)cc6F)cc5)ccc-3c24)cc1. The van der Waals surface area contributed by atoms with E-state index in [9.17, 15) is 0 Å². The first-order valence-electron chi connectivity index (χ1n) is 24.5. The van der Waals surface area contributed by atoms with Crippen molar-refractivity contribution in [2.45, 2.75) is 18.3 Å². The molecule has 73 heavy (non-hydrogen) atoms. The van der Waals surface area contributed by atoms with Gasteiger partial charge < -0.3 is 9.80 Å². The Labute approximate surface area is 421 Å². The second-order valence-corrected chi connectivity index (χ2v) is 19.0. The second kappa shape index (κ2) is 17.7. The summed E-state index contributed by atoms with van der Waals surface area (Å²) in [6.45, 7) is 0. The molecule has 1 saturated carbocycles. The molecule has 0 heterocycles. The summed E-state index contributed by atoms with van der Waals surface area (Å²) < 4.78 is 64.9. The number of rotatable bonds is 10. The largest absolute Gasteiger partial charge is 0.305 e. The first kappa shape index (κ1) is 44.0. The predicted octanol–water partition coefficient (Wildman–Crippen LogP) is 19.1. The molecule has 0 atom stereocenters. The van der Waals surface area contributed by atoms with Crippen molar-refractivity contribution in [3.63, 3.8) is 0 Å². The van der Waals surface area contributed by atoms with Gasteiger partial charge in [0, 0.05) is 28.2 Å². The van der Waals surface area contributed by atoms with Gasteiger partial charge in [0.05, 0.1) is 0 Å². The number of benzene rings is 11. The lowest BCUT2D eigenvalue weighted by molar-refractivity contribution is 0.586. The van der Waals surface area contributed by atoms with E-state index in [1.165, 1.54) is 51.9 Å². The summed E-state index contributed by atoms with van der Waals surface area (Å²) in [5.74, 6) is -2.62. The maximum atomic E-state index is 16.2. The van der Waals surface area contributed by atoms with Gasteiger partial charge in [0.25, 0.3) is 0 Å². The van der Waals surface area contributed by atoms with Crippen molar-refractivity contribution < 1.29 is 17.6 Å². The Kier molecular flexibility index (Phi) is 10.7. The Morgan fingerprint density at radius 3 is 1.16 bits per heavy atom. The van der Waals surface area contributed by atoms with Gasteiger partial charge in [-0.15, -0.1) is 0 Å². The van der Waals surface area contributed by atoms with Crippen LogP contribution in [0.15, 0.2) is 243 Å². The fourth-order valence-electron chi connectivity index (χ4n) is 11.2.